The van der Waals surface area contributed by atoms with E-state index >= 15 is 0 Å². The first-order chi connectivity index (χ1) is 16.2. The van der Waals surface area contributed by atoms with Crippen molar-refractivity contribution in [2.45, 2.75) is 25.2 Å². The molecule has 0 bridgehead atoms. The van der Waals surface area contributed by atoms with Crippen LogP contribution >= 0.6 is 11.3 Å². The fourth-order valence-electron chi connectivity index (χ4n) is 3.60. The summed E-state index contributed by atoms with van der Waals surface area (Å²) < 4.78 is 0. The van der Waals surface area contributed by atoms with Crippen molar-refractivity contribution in [3.8, 4) is 23.2 Å². The van der Waals surface area contributed by atoms with Gasteiger partial charge in [0, 0.05) is 33.7 Å². The second-order valence-corrected chi connectivity index (χ2v) is 8.59. The Morgan fingerprint density at radius 2 is 2.12 bits per heavy atom. The summed E-state index contributed by atoms with van der Waals surface area (Å²) in [5.41, 5.74) is 4.56. The lowest BCUT2D eigenvalue weighted by Crippen LogP contribution is -2.13. The van der Waals surface area contributed by atoms with Crippen LogP contribution in [0.25, 0.3) is 17.5 Å². The number of nitrogens with one attached hydrogen (secondary N) is 2. The molecule has 1 fully saturated rings. The van der Waals surface area contributed by atoms with Gasteiger partial charge in [0.25, 0.3) is 5.91 Å². The number of thiazole rings is 1. The van der Waals surface area contributed by atoms with E-state index in [-0.39, 0.29) is 5.91 Å². The molecule has 1 aliphatic rings. The van der Waals surface area contributed by atoms with E-state index in [0.29, 0.717) is 28.6 Å². The lowest BCUT2D eigenvalue weighted by atomic mass is 9.83. The van der Waals surface area contributed by atoms with Gasteiger partial charge in [0.1, 0.15) is 0 Å². The molecular weight excluding hydrogens is 432 g/mol. The molecule has 1 aliphatic carbocycles. The van der Waals surface area contributed by atoms with E-state index in [1.54, 1.807) is 35.6 Å². The van der Waals surface area contributed by atoms with Crippen molar-refractivity contribution in [2.24, 2.45) is 0 Å². The first kappa shape index (κ1) is 20.8. The van der Waals surface area contributed by atoms with Crippen LogP contribution in [-0.2, 0) is 0 Å². The van der Waals surface area contributed by atoms with E-state index in [0.717, 1.165) is 16.1 Å². The number of amides is 1. The minimum absolute atomic E-state index is 0.236. The fourth-order valence-corrected chi connectivity index (χ4v) is 4.34. The Labute approximate surface area is 195 Å². The maximum absolute atomic E-state index is 12.9. The molecule has 4 aromatic rings. The molecule has 33 heavy (non-hydrogen) atoms. The first-order valence-electron chi connectivity index (χ1n) is 10.6. The third-order valence-electron chi connectivity index (χ3n) is 5.60. The smallest absolute Gasteiger partial charge is 0.256 e. The third kappa shape index (κ3) is 4.59. The highest BCUT2D eigenvalue weighted by atomic mass is 32.1. The molecule has 0 spiro atoms. The Morgan fingerprint density at radius 1 is 1.21 bits per heavy atom. The monoisotopic (exact) mass is 452 g/mol. The largest absolute Gasteiger partial charge is 0.322 e. The summed E-state index contributed by atoms with van der Waals surface area (Å²) in [5, 5.41) is 19.8. The number of H-pyrrole nitrogens is 1. The van der Waals surface area contributed by atoms with E-state index < -0.39 is 0 Å². The Balaban J connectivity index is 1.31. The van der Waals surface area contributed by atoms with Crippen molar-refractivity contribution in [2.75, 3.05) is 5.32 Å². The number of tetrazole rings is 1. The highest BCUT2D eigenvalue weighted by Gasteiger charge is 2.21. The molecule has 1 amide bonds. The van der Waals surface area contributed by atoms with Crippen LogP contribution in [0.15, 0.2) is 54.4 Å². The molecule has 7 nitrogen and oxygen atoms in total. The molecular formula is C25H20N6OS. The van der Waals surface area contributed by atoms with Crippen molar-refractivity contribution in [1.29, 1.82) is 0 Å². The predicted octanol–water partition coefficient (Wildman–Crippen LogP) is 4.89. The summed E-state index contributed by atoms with van der Waals surface area (Å²) in [4.78, 5) is 17.6. The average molecular weight is 453 g/mol. The van der Waals surface area contributed by atoms with Gasteiger partial charge in [0.15, 0.2) is 5.01 Å². The molecule has 1 saturated carbocycles. The van der Waals surface area contributed by atoms with Gasteiger partial charge >= 0.3 is 0 Å². The molecule has 5 rings (SSSR count). The van der Waals surface area contributed by atoms with Crippen molar-refractivity contribution < 1.29 is 4.79 Å². The van der Waals surface area contributed by atoms with Gasteiger partial charge in [0.2, 0.25) is 5.82 Å². The van der Waals surface area contributed by atoms with Crippen molar-refractivity contribution in [1.82, 2.24) is 25.6 Å². The molecule has 2 aromatic heterocycles. The molecule has 8 heteroatoms. The zero-order valence-electron chi connectivity index (χ0n) is 17.7. The van der Waals surface area contributed by atoms with Gasteiger partial charge in [-0.15, -0.1) is 21.5 Å². The summed E-state index contributed by atoms with van der Waals surface area (Å²) >= 11 is 1.58. The number of aromatic amines is 1. The van der Waals surface area contributed by atoms with Gasteiger partial charge in [-0.25, -0.2) is 4.98 Å². The number of aromatic nitrogens is 5. The van der Waals surface area contributed by atoms with Crippen molar-refractivity contribution >= 4 is 29.0 Å². The number of carbonyl (C=O) groups excluding carboxylic acids is 1. The van der Waals surface area contributed by atoms with Gasteiger partial charge in [-0.05, 0) is 59.9 Å². The van der Waals surface area contributed by atoms with Crippen LogP contribution in [0.3, 0.4) is 0 Å². The summed E-state index contributed by atoms with van der Waals surface area (Å²) in [6.07, 6.45) is 5.38. The van der Waals surface area contributed by atoms with E-state index in [9.17, 15) is 4.79 Å². The molecule has 0 atom stereocenters. The average Bonchev–Trinajstić information content (AvgIpc) is 3.49. The van der Waals surface area contributed by atoms with Crippen LogP contribution < -0.4 is 5.32 Å². The Morgan fingerprint density at radius 3 is 2.88 bits per heavy atom. The standard InChI is InChI=1S/C25H20N6OS/c1-2-17-14-19(24-28-30-31-29-24)10-11-21(17)25(32)26-20-8-3-5-16(13-20)9-12-23-27-22(15-33-23)18-6-4-7-18/h2-3,5,8,10-11,13-15,18H,1,4,6-7H2,(H,26,32)(H,28,29,30,31). The highest BCUT2D eigenvalue weighted by Crippen LogP contribution is 2.36. The maximum atomic E-state index is 12.9. The highest BCUT2D eigenvalue weighted by molar-refractivity contribution is 7.10. The minimum Gasteiger partial charge on any atom is -0.322 e. The first-order valence-corrected chi connectivity index (χ1v) is 11.5. The zero-order chi connectivity index (χ0) is 22.6. The second kappa shape index (κ2) is 9.18. The summed E-state index contributed by atoms with van der Waals surface area (Å²) in [5.74, 6) is 7.13. The number of anilines is 1. The van der Waals surface area contributed by atoms with Gasteiger partial charge in [-0.1, -0.05) is 37.1 Å². The molecule has 162 valence electrons. The molecule has 0 unspecified atom stereocenters. The van der Waals surface area contributed by atoms with Crippen LogP contribution in [0.4, 0.5) is 5.69 Å². The Kier molecular flexibility index (Phi) is 5.79. The quantitative estimate of drug-likeness (QED) is 0.421. The predicted molar refractivity (Wildman–Crippen MR) is 129 cm³/mol. The van der Waals surface area contributed by atoms with Gasteiger partial charge in [-0.3, -0.25) is 4.79 Å². The van der Waals surface area contributed by atoms with E-state index in [1.807, 2.05) is 24.3 Å². The maximum Gasteiger partial charge on any atom is 0.256 e. The lowest BCUT2D eigenvalue weighted by molar-refractivity contribution is 0.102. The molecule has 2 aromatic carbocycles. The number of carbonyl (C=O) groups is 1. The number of hydrogen-bond donors (Lipinski definition) is 2. The van der Waals surface area contributed by atoms with Gasteiger partial charge in [-0.2, -0.15) is 5.21 Å². The van der Waals surface area contributed by atoms with Crippen LogP contribution in [0.1, 0.15) is 57.4 Å². The summed E-state index contributed by atoms with van der Waals surface area (Å²) in [7, 11) is 0. The van der Waals surface area contributed by atoms with E-state index in [2.05, 4.69) is 54.7 Å². The summed E-state index contributed by atoms with van der Waals surface area (Å²) in [6, 6.07) is 12.8. The molecule has 0 saturated heterocycles. The van der Waals surface area contributed by atoms with E-state index in [1.165, 1.54) is 25.0 Å². The Bertz CT molecular complexity index is 1380. The molecule has 2 heterocycles. The van der Waals surface area contributed by atoms with Crippen LogP contribution in [0.2, 0.25) is 0 Å². The van der Waals surface area contributed by atoms with Crippen LogP contribution in [0, 0.1) is 11.8 Å². The number of benzene rings is 2. The third-order valence-corrected chi connectivity index (χ3v) is 6.38. The number of hydrogen-bond acceptors (Lipinski definition) is 6. The van der Waals surface area contributed by atoms with E-state index in [4.69, 9.17) is 0 Å². The normalized spacial score (nSPS) is 13.0. The SMILES string of the molecule is C=Cc1cc(-c2nn[nH]n2)ccc1C(=O)Nc1cccc(C#Cc2nc(C3CCC3)cs2)c1. The van der Waals surface area contributed by atoms with Crippen molar-refractivity contribution in [3.05, 3.63) is 81.8 Å². The molecule has 2 N–H and O–H groups in total. The molecule has 0 aliphatic heterocycles. The van der Waals surface area contributed by atoms with Crippen LogP contribution in [0.5, 0.6) is 0 Å². The fraction of sp³-hybridized carbons (Fsp3) is 0.160. The lowest BCUT2D eigenvalue weighted by Gasteiger charge is -2.22. The molecule has 0 radical (unpaired) electrons. The summed E-state index contributed by atoms with van der Waals surface area (Å²) in [6.45, 7) is 3.82. The topological polar surface area (TPSA) is 96.5 Å². The Hall–Kier alpha value is -4.09. The van der Waals surface area contributed by atoms with Crippen molar-refractivity contribution in [3.63, 3.8) is 0 Å². The zero-order valence-corrected chi connectivity index (χ0v) is 18.5. The van der Waals surface area contributed by atoms with Gasteiger partial charge in [0.05, 0.1) is 5.69 Å². The number of nitrogens with zero attached hydrogens (tertiary/aromatic N) is 4. The van der Waals surface area contributed by atoms with Gasteiger partial charge < -0.3 is 5.32 Å². The number of rotatable bonds is 5. The second-order valence-electron chi connectivity index (χ2n) is 7.73. The minimum atomic E-state index is -0.236. The van der Waals surface area contributed by atoms with Crippen LogP contribution in [-0.4, -0.2) is 31.5 Å².